The molecular formula is C19H26N2. The van der Waals surface area contributed by atoms with Crippen LogP contribution < -0.4 is 10.2 Å². The van der Waals surface area contributed by atoms with Crippen LogP contribution in [-0.4, -0.2) is 14.1 Å². The Bertz CT molecular complexity index is 539. The highest BCUT2D eigenvalue weighted by Gasteiger charge is 2.08. The molecule has 0 aliphatic carbocycles. The molecule has 0 saturated carbocycles. The Morgan fingerprint density at radius 2 is 1.43 bits per heavy atom. The van der Waals surface area contributed by atoms with E-state index >= 15 is 0 Å². The van der Waals surface area contributed by atoms with Gasteiger partial charge in [0, 0.05) is 24.5 Å². The molecule has 0 bridgehead atoms. The smallest absolute Gasteiger partial charge is 0.0408 e. The first kappa shape index (κ1) is 15.6. The van der Waals surface area contributed by atoms with Gasteiger partial charge in [-0.2, -0.15) is 0 Å². The molecule has 1 atom stereocenters. The normalized spacial score (nSPS) is 12.2. The van der Waals surface area contributed by atoms with Gasteiger partial charge in [0.1, 0.15) is 0 Å². The van der Waals surface area contributed by atoms with Crippen molar-refractivity contribution in [3.8, 4) is 0 Å². The third-order valence-corrected chi connectivity index (χ3v) is 4.17. The monoisotopic (exact) mass is 282 g/mol. The van der Waals surface area contributed by atoms with Crippen LogP contribution in [-0.2, 0) is 6.42 Å². The first-order valence-corrected chi connectivity index (χ1v) is 7.79. The molecule has 0 aliphatic heterocycles. The first-order chi connectivity index (χ1) is 10.2. The SMILES string of the molecule is CCc1ccc(N(C)c2ccc(C(CC)NC)cc2)cc1. The summed E-state index contributed by atoms with van der Waals surface area (Å²) in [5, 5.41) is 3.35. The van der Waals surface area contributed by atoms with Gasteiger partial charge >= 0.3 is 0 Å². The van der Waals surface area contributed by atoms with Crippen LogP contribution in [0.15, 0.2) is 48.5 Å². The van der Waals surface area contributed by atoms with E-state index < -0.39 is 0 Å². The molecule has 0 saturated heterocycles. The second-order valence-corrected chi connectivity index (χ2v) is 5.42. The van der Waals surface area contributed by atoms with Gasteiger partial charge in [-0.1, -0.05) is 38.1 Å². The summed E-state index contributed by atoms with van der Waals surface area (Å²) in [7, 11) is 4.13. The van der Waals surface area contributed by atoms with E-state index in [1.54, 1.807) is 0 Å². The second kappa shape index (κ2) is 7.28. The number of hydrogen-bond donors (Lipinski definition) is 1. The Kier molecular flexibility index (Phi) is 5.40. The summed E-state index contributed by atoms with van der Waals surface area (Å²) < 4.78 is 0. The molecule has 0 spiro atoms. The van der Waals surface area contributed by atoms with Crippen molar-refractivity contribution in [2.45, 2.75) is 32.7 Å². The summed E-state index contributed by atoms with van der Waals surface area (Å²) in [5.74, 6) is 0. The summed E-state index contributed by atoms with van der Waals surface area (Å²) in [4.78, 5) is 2.23. The van der Waals surface area contributed by atoms with Crippen LogP contribution in [0.4, 0.5) is 11.4 Å². The number of benzene rings is 2. The van der Waals surface area contributed by atoms with Crippen molar-refractivity contribution >= 4 is 11.4 Å². The summed E-state index contributed by atoms with van der Waals surface area (Å²) in [6.07, 6.45) is 2.19. The van der Waals surface area contributed by atoms with Crippen molar-refractivity contribution in [2.75, 3.05) is 19.0 Å². The van der Waals surface area contributed by atoms with E-state index in [0.717, 1.165) is 12.8 Å². The molecular weight excluding hydrogens is 256 g/mol. The van der Waals surface area contributed by atoms with Crippen LogP contribution in [0.3, 0.4) is 0 Å². The zero-order chi connectivity index (χ0) is 15.2. The predicted octanol–water partition coefficient (Wildman–Crippen LogP) is 4.69. The van der Waals surface area contributed by atoms with Gasteiger partial charge in [0.15, 0.2) is 0 Å². The van der Waals surface area contributed by atoms with E-state index in [1.807, 2.05) is 7.05 Å². The molecule has 2 rings (SSSR count). The van der Waals surface area contributed by atoms with Gasteiger partial charge in [0.2, 0.25) is 0 Å². The Labute approximate surface area is 128 Å². The van der Waals surface area contributed by atoms with E-state index in [2.05, 4.69) is 79.6 Å². The maximum atomic E-state index is 3.35. The minimum Gasteiger partial charge on any atom is -0.345 e. The maximum Gasteiger partial charge on any atom is 0.0408 e. The van der Waals surface area contributed by atoms with Crippen LogP contribution in [0.25, 0.3) is 0 Å². The minimum atomic E-state index is 0.438. The lowest BCUT2D eigenvalue weighted by molar-refractivity contribution is 0.577. The van der Waals surface area contributed by atoms with Gasteiger partial charge in [-0.3, -0.25) is 0 Å². The molecule has 1 unspecified atom stereocenters. The average Bonchev–Trinajstić information content (AvgIpc) is 2.56. The zero-order valence-electron chi connectivity index (χ0n) is 13.6. The highest BCUT2D eigenvalue weighted by Crippen LogP contribution is 2.26. The molecule has 0 amide bonds. The Morgan fingerprint density at radius 1 is 0.905 bits per heavy atom. The number of aryl methyl sites for hydroxylation is 1. The topological polar surface area (TPSA) is 15.3 Å². The van der Waals surface area contributed by atoms with E-state index in [1.165, 1.54) is 22.5 Å². The number of nitrogens with zero attached hydrogens (tertiary/aromatic N) is 1. The fourth-order valence-corrected chi connectivity index (χ4v) is 2.64. The molecule has 112 valence electrons. The fourth-order valence-electron chi connectivity index (χ4n) is 2.64. The largest absolute Gasteiger partial charge is 0.345 e. The van der Waals surface area contributed by atoms with E-state index in [0.29, 0.717) is 6.04 Å². The van der Waals surface area contributed by atoms with E-state index in [-0.39, 0.29) is 0 Å². The van der Waals surface area contributed by atoms with Crippen molar-refractivity contribution in [1.29, 1.82) is 0 Å². The highest BCUT2D eigenvalue weighted by atomic mass is 15.1. The highest BCUT2D eigenvalue weighted by molar-refractivity contribution is 5.62. The van der Waals surface area contributed by atoms with Crippen molar-refractivity contribution < 1.29 is 0 Å². The molecule has 0 fully saturated rings. The summed E-state index contributed by atoms with van der Waals surface area (Å²) in [6.45, 7) is 4.39. The second-order valence-electron chi connectivity index (χ2n) is 5.42. The van der Waals surface area contributed by atoms with Crippen molar-refractivity contribution in [3.05, 3.63) is 59.7 Å². The molecule has 2 nitrogen and oxygen atoms in total. The van der Waals surface area contributed by atoms with Crippen LogP contribution >= 0.6 is 0 Å². The van der Waals surface area contributed by atoms with Crippen molar-refractivity contribution in [3.63, 3.8) is 0 Å². The Balaban J connectivity index is 2.16. The van der Waals surface area contributed by atoms with Crippen molar-refractivity contribution in [1.82, 2.24) is 5.32 Å². The minimum absolute atomic E-state index is 0.438. The van der Waals surface area contributed by atoms with Crippen molar-refractivity contribution in [2.24, 2.45) is 0 Å². The molecule has 2 aromatic carbocycles. The zero-order valence-corrected chi connectivity index (χ0v) is 13.6. The standard InChI is InChI=1S/C19H26N2/c1-5-15-7-11-17(12-8-15)21(4)18-13-9-16(10-14-18)19(6-2)20-3/h7-14,19-20H,5-6H2,1-4H3. The number of anilines is 2. The maximum absolute atomic E-state index is 3.35. The summed E-state index contributed by atoms with van der Waals surface area (Å²) in [6, 6.07) is 18.1. The summed E-state index contributed by atoms with van der Waals surface area (Å²) >= 11 is 0. The number of rotatable bonds is 6. The van der Waals surface area contributed by atoms with Gasteiger partial charge in [-0.15, -0.1) is 0 Å². The van der Waals surface area contributed by atoms with Gasteiger partial charge in [0.05, 0.1) is 0 Å². The van der Waals surface area contributed by atoms with Gasteiger partial charge < -0.3 is 10.2 Å². The lowest BCUT2D eigenvalue weighted by Gasteiger charge is -2.21. The van der Waals surface area contributed by atoms with Crippen LogP contribution in [0, 0.1) is 0 Å². The fraction of sp³-hybridized carbons (Fsp3) is 0.368. The molecule has 0 heterocycles. The van der Waals surface area contributed by atoms with E-state index in [4.69, 9.17) is 0 Å². The predicted molar refractivity (Wildman–Crippen MR) is 92.4 cm³/mol. The number of nitrogens with one attached hydrogen (secondary N) is 1. The Hall–Kier alpha value is -1.80. The van der Waals surface area contributed by atoms with Gasteiger partial charge in [-0.25, -0.2) is 0 Å². The summed E-state index contributed by atoms with van der Waals surface area (Å²) in [5.41, 5.74) is 5.16. The molecule has 1 N–H and O–H groups in total. The molecule has 2 heteroatoms. The molecule has 2 aromatic rings. The van der Waals surface area contributed by atoms with Gasteiger partial charge in [-0.05, 0) is 55.3 Å². The quantitative estimate of drug-likeness (QED) is 0.827. The molecule has 0 aliphatic rings. The van der Waals surface area contributed by atoms with Crippen LogP contribution in [0.5, 0.6) is 0 Å². The van der Waals surface area contributed by atoms with Crippen LogP contribution in [0.2, 0.25) is 0 Å². The average molecular weight is 282 g/mol. The first-order valence-electron chi connectivity index (χ1n) is 7.79. The lowest BCUT2D eigenvalue weighted by Crippen LogP contribution is -2.15. The molecule has 0 aromatic heterocycles. The Morgan fingerprint density at radius 3 is 1.86 bits per heavy atom. The molecule has 21 heavy (non-hydrogen) atoms. The number of hydrogen-bond acceptors (Lipinski definition) is 2. The van der Waals surface area contributed by atoms with E-state index in [9.17, 15) is 0 Å². The van der Waals surface area contributed by atoms with Gasteiger partial charge in [0.25, 0.3) is 0 Å². The van der Waals surface area contributed by atoms with Crippen LogP contribution in [0.1, 0.15) is 37.4 Å². The lowest BCUT2D eigenvalue weighted by atomic mass is 10.0. The third kappa shape index (κ3) is 3.64. The third-order valence-electron chi connectivity index (χ3n) is 4.17. The molecule has 0 radical (unpaired) electrons.